The maximum absolute atomic E-state index is 10.6. The van der Waals surface area contributed by atoms with Crippen molar-refractivity contribution in [1.82, 2.24) is 5.32 Å². The van der Waals surface area contributed by atoms with Gasteiger partial charge >= 0.3 is 0 Å². The zero-order chi connectivity index (χ0) is 14.1. The first-order chi connectivity index (χ1) is 9.17. The summed E-state index contributed by atoms with van der Waals surface area (Å²) in [5.74, 6) is 0. The maximum Gasteiger partial charge on any atom is 0.269 e. The lowest BCUT2D eigenvalue weighted by atomic mass is 10.0. The molecular formula is C15H24N2O2. The predicted molar refractivity (Wildman–Crippen MR) is 78.2 cm³/mol. The number of nitro benzene ring substituents is 1. The number of rotatable bonds is 9. The van der Waals surface area contributed by atoms with E-state index in [2.05, 4.69) is 19.2 Å². The molecule has 1 unspecified atom stereocenters. The Morgan fingerprint density at radius 2 is 1.84 bits per heavy atom. The van der Waals surface area contributed by atoms with Crippen LogP contribution in [0.2, 0.25) is 0 Å². The number of hydrogen-bond acceptors (Lipinski definition) is 3. The average molecular weight is 264 g/mol. The van der Waals surface area contributed by atoms with E-state index in [1.807, 2.05) is 12.1 Å². The molecule has 106 valence electrons. The summed E-state index contributed by atoms with van der Waals surface area (Å²) in [6.45, 7) is 5.19. The van der Waals surface area contributed by atoms with Crippen molar-refractivity contribution in [3.8, 4) is 0 Å². The van der Waals surface area contributed by atoms with Gasteiger partial charge in [0.05, 0.1) is 4.92 Å². The number of unbranched alkanes of at least 4 members (excludes halogenated alkanes) is 1. The van der Waals surface area contributed by atoms with Gasteiger partial charge in [0.2, 0.25) is 0 Å². The second kappa shape index (κ2) is 8.64. The Hall–Kier alpha value is -1.42. The van der Waals surface area contributed by atoms with Crippen LogP contribution in [0.3, 0.4) is 0 Å². The summed E-state index contributed by atoms with van der Waals surface area (Å²) in [5, 5.41) is 14.1. The fraction of sp³-hybridized carbons (Fsp3) is 0.600. The zero-order valence-electron chi connectivity index (χ0n) is 11.9. The zero-order valence-corrected chi connectivity index (χ0v) is 11.9. The normalized spacial score (nSPS) is 12.3. The first-order valence-corrected chi connectivity index (χ1v) is 7.14. The van der Waals surface area contributed by atoms with Crippen molar-refractivity contribution in [2.45, 2.75) is 58.5 Å². The van der Waals surface area contributed by atoms with Gasteiger partial charge in [0.1, 0.15) is 0 Å². The van der Waals surface area contributed by atoms with Gasteiger partial charge in [0.25, 0.3) is 5.69 Å². The molecule has 0 amide bonds. The predicted octanol–water partition coefficient (Wildman–Crippen LogP) is 4.04. The second-order valence-corrected chi connectivity index (χ2v) is 4.93. The van der Waals surface area contributed by atoms with Crippen LogP contribution in [0.1, 0.15) is 51.5 Å². The van der Waals surface area contributed by atoms with Crippen LogP contribution in [0.25, 0.3) is 0 Å². The van der Waals surface area contributed by atoms with Crippen molar-refractivity contribution >= 4 is 5.69 Å². The summed E-state index contributed by atoms with van der Waals surface area (Å²) >= 11 is 0. The first kappa shape index (κ1) is 15.6. The average Bonchev–Trinajstić information content (AvgIpc) is 2.42. The topological polar surface area (TPSA) is 55.2 Å². The van der Waals surface area contributed by atoms with E-state index in [4.69, 9.17) is 0 Å². The smallest absolute Gasteiger partial charge is 0.269 e. The Balaban J connectivity index is 2.46. The van der Waals surface area contributed by atoms with Gasteiger partial charge in [-0.15, -0.1) is 0 Å². The van der Waals surface area contributed by atoms with E-state index in [-0.39, 0.29) is 10.6 Å². The van der Waals surface area contributed by atoms with Gasteiger partial charge in [-0.25, -0.2) is 0 Å². The number of nitrogens with zero attached hydrogens (tertiary/aromatic N) is 1. The van der Waals surface area contributed by atoms with Crippen LogP contribution in [-0.4, -0.2) is 11.0 Å². The van der Waals surface area contributed by atoms with Gasteiger partial charge in [-0.2, -0.15) is 0 Å². The highest BCUT2D eigenvalue weighted by molar-refractivity contribution is 5.32. The van der Waals surface area contributed by atoms with Gasteiger partial charge in [-0.05, 0) is 18.4 Å². The van der Waals surface area contributed by atoms with E-state index >= 15 is 0 Å². The van der Waals surface area contributed by atoms with E-state index in [1.54, 1.807) is 12.1 Å². The van der Waals surface area contributed by atoms with Crippen LogP contribution >= 0.6 is 0 Å². The summed E-state index contributed by atoms with van der Waals surface area (Å²) < 4.78 is 0. The summed E-state index contributed by atoms with van der Waals surface area (Å²) in [7, 11) is 0. The van der Waals surface area contributed by atoms with Crippen molar-refractivity contribution in [1.29, 1.82) is 0 Å². The number of nitro groups is 1. The standard InChI is InChI=1S/C15H24N2O2/c1-3-5-7-14(6-4-2)16-12-13-8-10-15(11-9-13)17(18)19/h8-11,14,16H,3-7,12H2,1-2H3. The first-order valence-electron chi connectivity index (χ1n) is 7.14. The number of hydrogen-bond donors (Lipinski definition) is 1. The molecule has 4 heteroatoms. The highest BCUT2D eigenvalue weighted by Crippen LogP contribution is 2.13. The van der Waals surface area contributed by atoms with Crippen LogP contribution in [0.5, 0.6) is 0 Å². The number of benzene rings is 1. The summed E-state index contributed by atoms with van der Waals surface area (Å²) in [5.41, 5.74) is 1.25. The third-order valence-corrected chi connectivity index (χ3v) is 3.29. The summed E-state index contributed by atoms with van der Waals surface area (Å²) in [6, 6.07) is 7.35. The third-order valence-electron chi connectivity index (χ3n) is 3.29. The van der Waals surface area contributed by atoms with E-state index in [1.165, 1.54) is 32.1 Å². The fourth-order valence-electron chi connectivity index (χ4n) is 2.15. The largest absolute Gasteiger partial charge is 0.310 e. The number of non-ortho nitro benzene ring substituents is 1. The van der Waals surface area contributed by atoms with E-state index in [0.29, 0.717) is 6.04 Å². The highest BCUT2D eigenvalue weighted by Gasteiger charge is 2.08. The van der Waals surface area contributed by atoms with Crippen molar-refractivity contribution in [3.63, 3.8) is 0 Å². The minimum absolute atomic E-state index is 0.153. The van der Waals surface area contributed by atoms with Gasteiger partial charge in [0.15, 0.2) is 0 Å². The molecule has 0 aliphatic rings. The molecule has 0 aromatic heterocycles. The Kier molecular flexibility index (Phi) is 7.11. The van der Waals surface area contributed by atoms with E-state index in [0.717, 1.165) is 12.1 Å². The van der Waals surface area contributed by atoms with Crippen molar-refractivity contribution in [3.05, 3.63) is 39.9 Å². The van der Waals surface area contributed by atoms with Crippen molar-refractivity contribution in [2.24, 2.45) is 0 Å². The monoisotopic (exact) mass is 264 g/mol. The quantitative estimate of drug-likeness (QED) is 0.541. The molecule has 1 N–H and O–H groups in total. The molecule has 0 saturated heterocycles. The lowest BCUT2D eigenvalue weighted by molar-refractivity contribution is -0.384. The molecule has 0 spiro atoms. The number of nitrogens with one attached hydrogen (secondary N) is 1. The lowest BCUT2D eigenvalue weighted by Gasteiger charge is -2.17. The van der Waals surface area contributed by atoms with Gasteiger partial charge in [0, 0.05) is 24.7 Å². The maximum atomic E-state index is 10.6. The molecule has 4 nitrogen and oxygen atoms in total. The van der Waals surface area contributed by atoms with Gasteiger partial charge in [-0.1, -0.05) is 45.2 Å². The van der Waals surface area contributed by atoms with Crippen LogP contribution < -0.4 is 5.32 Å². The van der Waals surface area contributed by atoms with Crippen molar-refractivity contribution < 1.29 is 4.92 Å². The Morgan fingerprint density at radius 3 is 2.37 bits per heavy atom. The minimum Gasteiger partial charge on any atom is -0.310 e. The molecule has 0 radical (unpaired) electrons. The second-order valence-electron chi connectivity index (χ2n) is 4.93. The molecule has 1 atom stereocenters. The molecule has 0 heterocycles. The van der Waals surface area contributed by atoms with Crippen LogP contribution in [0.15, 0.2) is 24.3 Å². The third kappa shape index (κ3) is 5.83. The van der Waals surface area contributed by atoms with Gasteiger partial charge in [-0.3, -0.25) is 10.1 Å². The molecule has 0 aliphatic heterocycles. The molecule has 0 bridgehead atoms. The summed E-state index contributed by atoms with van der Waals surface area (Å²) in [6.07, 6.45) is 6.04. The Morgan fingerprint density at radius 1 is 1.16 bits per heavy atom. The van der Waals surface area contributed by atoms with Crippen LogP contribution in [0.4, 0.5) is 5.69 Å². The van der Waals surface area contributed by atoms with Crippen molar-refractivity contribution in [2.75, 3.05) is 0 Å². The van der Waals surface area contributed by atoms with E-state index < -0.39 is 0 Å². The van der Waals surface area contributed by atoms with Crippen LogP contribution in [0, 0.1) is 10.1 Å². The molecular weight excluding hydrogens is 240 g/mol. The highest BCUT2D eigenvalue weighted by atomic mass is 16.6. The minimum atomic E-state index is -0.363. The molecule has 1 aromatic rings. The molecule has 1 aromatic carbocycles. The Labute approximate surface area is 115 Å². The summed E-state index contributed by atoms with van der Waals surface area (Å²) in [4.78, 5) is 10.2. The molecule has 0 saturated carbocycles. The molecule has 1 rings (SSSR count). The van der Waals surface area contributed by atoms with E-state index in [9.17, 15) is 10.1 Å². The van der Waals surface area contributed by atoms with Crippen LogP contribution in [-0.2, 0) is 6.54 Å². The van der Waals surface area contributed by atoms with Gasteiger partial charge < -0.3 is 5.32 Å². The fourth-order valence-corrected chi connectivity index (χ4v) is 2.15. The SMILES string of the molecule is CCCCC(CCC)NCc1ccc([N+](=O)[O-])cc1. The lowest BCUT2D eigenvalue weighted by Crippen LogP contribution is -2.28. The Bertz CT molecular complexity index is 376. The molecule has 19 heavy (non-hydrogen) atoms. The molecule has 0 fully saturated rings. The molecule has 0 aliphatic carbocycles.